The molecule has 0 saturated heterocycles. The van der Waals surface area contributed by atoms with E-state index in [1.165, 1.54) is 0 Å². The highest BCUT2D eigenvalue weighted by Gasteiger charge is 2.22. The van der Waals surface area contributed by atoms with Crippen molar-refractivity contribution in [2.75, 3.05) is 20.2 Å². The van der Waals surface area contributed by atoms with Crippen LogP contribution in [0.25, 0.3) is 0 Å². The number of guanidine groups is 1. The van der Waals surface area contributed by atoms with Crippen LogP contribution in [0.5, 0.6) is 5.75 Å². The summed E-state index contributed by atoms with van der Waals surface area (Å²) in [4.78, 5) is 16.6. The quantitative estimate of drug-likeness (QED) is 0.183. The summed E-state index contributed by atoms with van der Waals surface area (Å²) < 4.78 is 5.42. The molecule has 0 bridgehead atoms. The number of ether oxygens (including phenoxy) is 1. The number of nitrogens with one attached hydrogen (secondary N) is 2. The highest BCUT2D eigenvalue weighted by atomic mass is 16.5. The lowest BCUT2D eigenvalue weighted by Crippen LogP contribution is -2.47. The number of hydrogen-bond donors (Lipinski definition) is 5. The van der Waals surface area contributed by atoms with Gasteiger partial charge >= 0.3 is 0 Å². The van der Waals surface area contributed by atoms with Gasteiger partial charge in [-0.3, -0.25) is 4.79 Å². The Hall–Kier alpha value is -3.10. The molecule has 2 atom stereocenters. The number of rotatable bonds is 12. The maximum Gasteiger partial charge on any atom is 0.250 e. The number of benzene rings is 2. The Kier molecular flexibility index (Phi) is 10.8. The van der Waals surface area contributed by atoms with Crippen molar-refractivity contribution < 1.29 is 14.6 Å². The molecule has 2 rings (SSSR count). The normalized spacial score (nSPS) is 13.3. The van der Waals surface area contributed by atoms with Crippen molar-refractivity contribution in [1.29, 1.82) is 0 Å². The van der Waals surface area contributed by atoms with Crippen LogP contribution in [0.2, 0.25) is 0 Å². The Labute approximate surface area is 202 Å². The van der Waals surface area contributed by atoms with Gasteiger partial charge in [-0.2, -0.15) is 0 Å². The third-order valence-corrected chi connectivity index (χ3v) is 6.09. The van der Waals surface area contributed by atoms with E-state index < -0.39 is 18.1 Å². The van der Waals surface area contributed by atoms with Gasteiger partial charge in [0.2, 0.25) is 5.91 Å². The number of methoxy groups -OCH3 is 1. The molecule has 0 aliphatic heterocycles. The number of aliphatic hydroxyl groups is 1. The van der Waals surface area contributed by atoms with Gasteiger partial charge in [-0.05, 0) is 73.9 Å². The van der Waals surface area contributed by atoms with Gasteiger partial charge in [0.15, 0.2) is 5.96 Å². The molecular weight excluding hydrogens is 430 g/mol. The van der Waals surface area contributed by atoms with Crippen molar-refractivity contribution >= 4 is 11.9 Å². The summed E-state index contributed by atoms with van der Waals surface area (Å²) in [6.45, 7) is 7.60. The molecule has 2 aromatic rings. The molecular formula is C26H39N5O3. The number of aliphatic hydroxyl groups excluding tert-OH is 1. The second-order valence-corrected chi connectivity index (χ2v) is 8.53. The molecule has 0 aliphatic carbocycles. The standard InChI is InChI=1S/C26H39N5O3/c1-17-15-23(34-4)19(3)18(2)21(17)16-31-26(28)30-13-8-11-22(27)24(32)25(33)29-14-12-20-9-6-5-7-10-20/h5-7,9-10,15,22,24,32H,8,11-14,16,27H2,1-4H3,(H,29,33)(H3,28,30,31). The predicted octanol–water partition coefficient (Wildman–Crippen LogP) is 1.85. The Bertz CT molecular complexity index is 963. The van der Waals surface area contributed by atoms with Crippen LogP contribution < -0.4 is 26.8 Å². The van der Waals surface area contributed by atoms with E-state index in [0.717, 1.165) is 33.6 Å². The number of aryl methyl sites for hydroxylation is 1. The van der Waals surface area contributed by atoms with Crippen LogP contribution in [0.1, 0.15) is 40.7 Å². The molecule has 34 heavy (non-hydrogen) atoms. The van der Waals surface area contributed by atoms with Crippen molar-refractivity contribution in [3.05, 3.63) is 64.2 Å². The average Bonchev–Trinajstić information content (AvgIpc) is 2.83. The van der Waals surface area contributed by atoms with Gasteiger partial charge in [0, 0.05) is 19.1 Å². The highest BCUT2D eigenvalue weighted by molar-refractivity contribution is 5.81. The van der Waals surface area contributed by atoms with Gasteiger partial charge in [-0.1, -0.05) is 30.3 Å². The zero-order valence-electron chi connectivity index (χ0n) is 20.7. The molecule has 0 aromatic heterocycles. The summed E-state index contributed by atoms with van der Waals surface area (Å²) in [5.74, 6) is 0.773. The second-order valence-electron chi connectivity index (χ2n) is 8.53. The third-order valence-electron chi connectivity index (χ3n) is 6.09. The number of nitrogens with zero attached hydrogens (tertiary/aromatic N) is 1. The van der Waals surface area contributed by atoms with E-state index in [9.17, 15) is 9.90 Å². The van der Waals surface area contributed by atoms with Crippen molar-refractivity contribution in [3.8, 4) is 5.75 Å². The summed E-state index contributed by atoms with van der Waals surface area (Å²) in [5.41, 5.74) is 17.6. The topological polar surface area (TPSA) is 135 Å². The Morgan fingerprint density at radius 2 is 1.82 bits per heavy atom. The molecule has 0 aliphatic rings. The van der Waals surface area contributed by atoms with Gasteiger partial charge in [-0.25, -0.2) is 4.99 Å². The Morgan fingerprint density at radius 3 is 2.50 bits per heavy atom. The monoisotopic (exact) mass is 469 g/mol. The molecule has 2 aromatic carbocycles. The lowest BCUT2D eigenvalue weighted by Gasteiger charge is -2.18. The van der Waals surface area contributed by atoms with E-state index in [-0.39, 0.29) is 0 Å². The molecule has 8 nitrogen and oxygen atoms in total. The molecule has 0 spiro atoms. The van der Waals surface area contributed by atoms with Gasteiger partial charge in [0.1, 0.15) is 11.9 Å². The first-order valence-corrected chi connectivity index (χ1v) is 11.7. The lowest BCUT2D eigenvalue weighted by atomic mass is 9.97. The molecule has 0 fully saturated rings. The van der Waals surface area contributed by atoms with Crippen molar-refractivity contribution in [3.63, 3.8) is 0 Å². The van der Waals surface area contributed by atoms with Gasteiger partial charge < -0.3 is 31.9 Å². The molecule has 0 radical (unpaired) electrons. The SMILES string of the molecule is COc1cc(C)c(CN=C(N)NCCCC(N)C(O)C(=O)NCCc2ccccc2)c(C)c1C. The van der Waals surface area contributed by atoms with Crippen LogP contribution in [0.3, 0.4) is 0 Å². The van der Waals surface area contributed by atoms with Crippen LogP contribution in [-0.4, -0.2) is 49.3 Å². The fraction of sp³-hybridized carbons (Fsp3) is 0.462. The van der Waals surface area contributed by atoms with E-state index in [1.807, 2.05) is 50.2 Å². The van der Waals surface area contributed by atoms with Crippen LogP contribution in [0, 0.1) is 20.8 Å². The summed E-state index contributed by atoms with van der Waals surface area (Å²) >= 11 is 0. The molecule has 0 saturated carbocycles. The van der Waals surface area contributed by atoms with Crippen molar-refractivity contribution in [2.24, 2.45) is 16.5 Å². The maximum atomic E-state index is 12.2. The predicted molar refractivity (Wildman–Crippen MR) is 137 cm³/mol. The van der Waals surface area contributed by atoms with E-state index in [4.69, 9.17) is 16.2 Å². The minimum Gasteiger partial charge on any atom is -0.496 e. The summed E-state index contributed by atoms with van der Waals surface area (Å²) in [5, 5.41) is 16.0. The smallest absolute Gasteiger partial charge is 0.250 e. The fourth-order valence-corrected chi connectivity index (χ4v) is 3.76. The van der Waals surface area contributed by atoms with E-state index >= 15 is 0 Å². The fourth-order valence-electron chi connectivity index (χ4n) is 3.76. The molecule has 7 N–H and O–H groups in total. The Morgan fingerprint density at radius 1 is 1.12 bits per heavy atom. The number of carbonyl (C=O) groups excluding carboxylic acids is 1. The number of aliphatic imine (C=N–C) groups is 1. The number of hydrogen-bond acceptors (Lipinski definition) is 5. The zero-order valence-corrected chi connectivity index (χ0v) is 20.7. The first-order chi connectivity index (χ1) is 16.2. The minimum absolute atomic E-state index is 0.347. The molecule has 1 amide bonds. The van der Waals surface area contributed by atoms with Gasteiger partial charge in [0.05, 0.1) is 13.7 Å². The summed E-state index contributed by atoms with van der Waals surface area (Å²) in [6, 6.07) is 11.2. The minimum atomic E-state index is -1.24. The zero-order chi connectivity index (χ0) is 25.1. The highest BCUT2D eigenvalue weighted by Crippen LogP contribution is 2.27. The largest absolute Gasteiger partial charge is 0.496 e. The van der Waals surface area contributed by atoms with Crippen molar-refractivity contribution in [2.45, 2.75) is 58.7 Å². The maximum absolute atomic E-state index is 12.2. The first-order valence-electron chi connectivity index (χ1n) is 11.7. The third kappa shape index (κ3) is 8.04. The molecule has 8 heteroatoms. The van der Waals surface area contributed by atoms with E-state index in [0.29, 0.717) is 44.9 Å². The van der Waals surface area contributed by atoms with Gasteiger partial charge in [-0.15, -0.1) is 0 Å². The second kappa shape index (κ2) is 13.6. The number of carbonyl (C=O) groups is 1. The van der Waals surface area contributed by atoms with E-state index in [1.54, 1.807) is 7.11 Å². The Balaban J connectivity index is 1.71. The van der Waals surface area contributed by atoms with Crippen LogP contribution in [0.4, 0.5) is 0 Å². The van der Waals surface area contributed by atoms with Crippen molar-refractivity contribution in [1.82, 2.24) is 10.6 Å². The summed E-state index contributed by atoms with van der Waals surface area (Å²) in [6.07, 6.45) is 0.576. The van der Waals surface area contributed by atoms with Crippen LogP contribution in [0.15, 0.2) is 41.4 Å². The lowest BCUT2D eigenvalue weighted by molar-refractivity contribution is -0.130. The number of amides is 1. The van der Waals surface area contributed by atoms with Gasteiger partial charge in [0.25, 0.3) is 0 Å². The average molecular weight is 470 g/mol. The molecule has 0 heterocycles. The van der Waals surface area contributed by atoms with E-state index in [2.05, 4.69) is 22.5 Å². The molecule has 186 valence electrons. The summed E-state index contributed by atoms with van der Waals surface area (Å²) in [7, 11) is 1.67. The molecule has 2 unspecified atom stereocenters. The number of nitrogens with two attached hydrogens (primary N) is 2. The first kappa shape index (κ1) is 27.1. The van der Waals surface area contributed by atoms with Crippen LogP contribution >= 0.6 is 0 Å². The van der Waals surface area contributed by atoms with Crippen LogP contribution in [-0.2, 0) is 17.8 Å².